The van der Waals surface area contributed by atoms with Gasteiger partial charge < -0.3 is 15.3 Å². The Morgan fingerprint density at radius 1 is 1.38 bits per heavy atom. The molecule has 3 N–H and O–H groups in total. The predicted molar refractivity (Wildman–Crippen MR) is 59.5 cm³/mol. The first-order chi connectivity index (χ1) is 7.52. The van der Waals surface area contributed by atoms with Crippen LogP contribution in [0.3, 0.4) is 0 Å². The Bertz CT molecular complexity index is 421. The van der Waals surface area contributed by atoms with Crippen LogP contribution in [-0.4, -0.2) is 21.3 Å². The van der Waals surface area contributed by atoms with E-state index in [2.05, 4.69) is 0 Å². The summed E-state index contributed by atoms with van der Waals surface area (Å²) in [6, 6.07) is 4.73. The second kappa shape index (κ2) is 5.21. The van der Waals surface area contributed by atoms with Gasteiger partial charge in [-0.05, 0) is 31.4 Å². The zero-order valence-corrected chi connectivity index (χ0v) is 8.97. The maximum Gasteiger partial charge on any atom is 0.330 e. The van der Waals surface area contributed by atoms with Crippen molar-refractivity contribution < 1.29 is 20.1 Å². The second-order valence-corrected chi connectivity index (χ2v) is 3.52. The molecule has 4 heteroatoms. The average molecular weight is 222 g/mol. The molecule has 86 valence electrons. The topological polar surface area (TPSA) is 77.8 Å². The Morgan fingerprint density at radius 2 is 2.06 bits per heavy atom. The zero-order chi connectivity index (χ0) is 12.1. The fourth-order valence-electron chi connectivity index (χ4n) is 1.31. The molecule has 0 aliphatic heterocycles. The summed E-state index contributed by atoms with van der Waals surface area (Å²) in [7, 11) is 0. The average Bonchev–Trinajstić information content (AvgIpc) is 2.24. The summed E-state index contributed by atoms with van der Waals surface area (Å²) in [5.41, 5.74) is 0.883. The third-order valence-corrected chi connectivity index (χ3v) is 2.30. The smallest absolute Gasteiger partial charge is 0.330 e. The highest BCUT2D eigenvalue weighted by Crippen LogP contribution is 2.29. The van der Waals surface area contributed by atoms with Crippen molar-refractivity contribution in [2.75, 3.05) is 0 Å². The lowest BCUT2D eigenvalue weighted by molar-refractivity contribution is -0.132. The third kappa shape index (κ3) is 3.02. The number of aliphatic carboxylic acids is 1. The van der Waals surface area contributed by atoms with E-state index in [1.807, 2.05) is 0 Å². The Kier molecular flexibility index (Phi) is 3.94. The molecule has 0 amide bonds. The highest BCUT2D eigenvalue weighted by atomic mass is 16.4. The van der Waals surface area contributed by atoms with Crippen LogP contribution in [0.5, 0.6) is 11.5 Å². The zero-order valence-electron chi connectivity index (χ0n) is 8.97. The van der Waals surface area contributed by atoms with Gasteiger partial charge in [-0.1, -0.05) is 18.2 Å². The van der Waals surface area contributed by atoms with Crippen LogP contribution in [0.15, 0.2) is 29.8 Å². The van der Waals surface area contributed by atoms with E-state index in [4.69, 9.17) is 5.11 Å². The second-order valence-electron chi connectivity index (χ2n) is 3.52. The number of carbonyl (C=O) groups is 1. The predicted octanol–water partition coefficient (Wildman–Crippen LogP) is 2.06. The van der Waals surface area contributed by atoms with Crippen molar-refractivity contribution in [3.05, 3.63) is 35.4 Å². The monoisotopic (exact) mass is 222 g/mol. The van der Waals surface area contributed by atoms with E-state index in [9.17, 15) is 15.0 Å². The number of rotatable bonds is 4. The first-order valence-electron chi connectivity index (χ1n) is 4.92. The minimum atomic E-state index is -0.944. The molecule has 0 radical (unpaired) electrons. The van der Waals surface area contributed by atoms with Crippen LogP contribution < -0.4 is 0 Å². The molecule has 1 rings (SSSR count). The molecule has 0 fully saturated rings. The van der Waals surface area contributed by atoms with Gasteiger partial charge in [-0.3, -0.25) is 0 Å². The Hall–Kier alpha value is -1.97. The summed E-state index contributed by atoms with van der Waals surface area (Å²) in [4.78, 5) is 10.5. The molecule has 0 aliphatic rings. The van der Waals surface area contributed by atoms with Crippen LogP contribution in [-0.2, 0) is 11.2 Å². The molecule has 4 nitrogen and oxygen atoms in total. The van der Waals surface area contributed by atoms with Crippen molar-refractivity contribution in [2.45, 2.75) is 19.8 Å². The molecular weight excluding hydrogens is 208 g/mol. The standard InChI is InChI=1S/C12H14O4/c1-8(12(15)16)4-2-5-9-6-3-7-10(13)11(9)14/h3-4,6-7,13-14H,2,5H2,1H3,(H,15,16)/b8-4+. The van der Waals surface area contributed by atoms with Gasteiger partial charge in [0.05, 0.1) is 0 Å². The maximum atomic E-state index is 10.5. The molecule has 0 bridgehead atoms. The van der Waals surface area contributed by atoms with E-state index in [0.717, 1.165) is 0 Å². The summed E-state index contributed by atoms with van der Waals surface area (Å²) in [6.07, 6.45) is 2.59. The van der Waals surface area contributed by atoms with Crippen LogP contribution in [0.4, 0.5) is 0 Å². The Morgan fingerprint density at radius 3 is 2.69 bits per heavy atom. The number of benzene rings is 1. The molecule has 0 atom stereocenters. The summed E-state index contributed by atoms with van der Waals surface area (Å²) in [6.45, 7) is 1.52. The first kappa shape index (κ1) is 12.1. The van der Waals surface area contributed by atoms with Gasteiger partial charge in [0.2, 0.25) is 0 Å². The number of phenols is 2. The molecule has 0 spiro atoms. The summed E-state index contributed by atoms with van der Waals surface area (Å²) in [5, 5.41) is 27.3. The molecule has 0 saturated carbocycles. The lowest BCUT2D eigenvalue weighted by atomic mass is 10.1. The maximum absolute atomic E-state index is 10.5. The lowest BCUT2D eigenvalue weighted by Gasteiger charge is -2.04. The molecule has 0 saturated heterocycles. The summed E-state index contributed by atoms with van der Waals surface area (Å²) < 4.78 is 0. The molecular formula is C12H14O4. The van der Waals surface area contributed by atoms with Crippen molar-refractivity contribution in [3.63, 3.8) is 0 Å². The number of para-hydroxylation sites is 1. The van der Waals surface area contributed by atoms with E-state index in [-0.39, 0.29) is 17.1 Å². The molecule has 0 aromatic heterocycles. The number of hydrogen-bond donors (Lipinski definition) is 3. The normalized spacial score (nSPS) is 11.4. The molecule has 1 aromatic rings. The first-order valence-corrected chi connectivity index (χ1v) is 4.92. The van der Waals surface area contributed by atoms with E-state index in [1.165, 1.54) is 13.0 Å². The number of phenolic OH excluding ortho intramolecular Hbond substituents is 2. The highest BCUT2D eigenvalue weighted by molar-refractivity contribution is 5.85. The quantitative estimate of drug-likeness (QED) is 0.538. The molecule has 0 unspecified atom stereocenters. The van der Waals surface area contributed by atoms with Crippen LogP contribution in [0.1, 0.15) is 18.9 Å². The van der Waals surface area contributed by atoms with Gasteiger partial charge in [0.15, 0.2) is 11.5 Å². The van der Waals surface area contributed by atoms with Gasteiger partial charge in [-0.25, -0.2) is 4.79 Å². The summed E-state index contributed by atoms with van der Waals surface area (Å²) >= 11 is 0. The number of aryl methyl sites for hydroxylation is 1. The van der Waals surface area contributed by atoms with Crippen molar-refractivity contribution in [1.82, 2.24) is 0 Å². The number of carboxylic acids is 1. The van der Waals surface area contributed by atoms with Gasteiger partial charge in [-0.15, -0.1) is 0 Å². The molecule has 16 heavy (non-hydrogen) atoms. The van der Waals surface area contributed by atoms with Crippen LogP contribution in [0.2, 0.25) is 0 Å². The Labute approximate surface area is 93.5 Å². The largest absolute Gasteiger partial charge is 0.504 e. The molecule has 1 aromatic carbocycles. The minimum absolute atomic E-state index is 0.135. The molecule has 0 heterocycles. The number of hydrogen-bond acceptors (Lipinski definition) is 3. The Balaban J connectivity index is 2.66. The van der Waals surface area contributed by atoms with Crippen molar-refractivity contribution in [1.29, 1.82) is 0 Å². The van der Waals surface area contributed by atoms with E-state index >= 15 is 0 Å². The van der Waals surface area contributed by atoms with E-state index in [0.29, 0.717) is 18.4 Å². The van der Waals surface area contributed by atoms with Crippen molar-refractivity contribution in [3.8, 4) is 11.5 Å². The van der Waals surface area contributed by atoms with Gasteiger partial charge in [0, 0.05) is 5.57 Å². The van der Waals surface area contributed by atoms with Crippen LogP contribution >= 0.6 is 0 Å². The van der Waals surface area contributed by atoms with Crippen LogP contribution in [0, 0.1) is 0 Å². The van der Waals surface area contributed by atoms with Gasteiger partial charge >= 0.3 is 5.97 Å². The van der Waals surface area contributed by atoms with Gasteiger partial charge in [0.1, 0.15) is 0 Å². The van der Waals surface area contributed by atoms with Crippen molar-refractivity contribution in [2.24, 2.45) is 0 Å². The molecule has 0 aliphatic carbocycles. The van der Waals surface area contributed by atoms with Crippen molar-refractivity contribution >= 4 is 5.97 Å². The third-order valence-electron chi connectivity index (χ3n) is 2.30. The lowest BCUT2D eigenvalue weighted by Crippen LogP contribution is -1.96. The number of carboxylic acid groups (broad SMARTS) is 1. The number of aromatic hydroxyl groups is 2. The van der Waals surface area contributed by atoms with E-state index < -0.39 is 5.97 Å². The minimum Gasteiger partial charge on any atom is -0.504 e. The fourth-order valence-corrected chi connectivity index (χ4v) is 1.31. The number of allylic oxidation sites excluding steroid dienone is 1. The van der Waals surface area contributed by atoms with Gasteiger partial charge in [0.25, 0.3) is 0 Å². The summed E-state index contributed by atoms with van der Waals surface area (Å²) in [5.74, 6) is -1.24. The fraction of sp³-hybridized carbons (Fsp3) is 0.250. The van der Waals surface area contributed by atoms with E-state index in [1.54, 1.807) is 18.2 Å². The van der Waals surface area contributed by atoms with Crippen LogP contribution in [0.25, 0.3) is 0 Å². The van der Waals surface area contributed by atoms with Gasteiger partial charge in [-0.2, -0.15) is 0 Å². The SMILES string of the molecule is C/C(=C\CCc1cccc(O)c1O)C(=O)O. The highest BCUT2D eigenvalue weighted by Gasteiger charge is 2.05.